The number of hydrogen-bond acceptors (Lipinski definition) is 6. The summed E-state index contributed by atoms with van der Waals surface area (Å²) in [5.74, 6) is 1.63. The lowest BCUT2D eigenvalue weighted by molar-refractivity contribution is 0.149. The quantitative estimate of drug-likeness (QED) is 0.758. The number of para-hydroxylation sites is 1. The Balaban J connectivity index is 1.55. The van der Waals surface area contributed by atoms with Crippen LogP contribution in [0.2, 0.25) is 0 Å². The van der Waals surface area contributed by atoms with E-state index in [-0.39, 0.29) is 6.04 Å². The number of oxazole rings is 1. The molecule has 4 rings (SSSR count). The summed E-state index contributed by atoms with van der Waals surface area (Å²) in [7, 11) is 1.73. The van der Waals surface area contributed by atoms with Gasteiger partial charge in [0.2, 0.25) is 5.89 Å². The Morgan fingerprint density at radius 1 is 1.32 bits per heavy atom. The first-order chi connectivity index (χ1) is 12.3. The molecular weight excluding hydrogens is 334 g/mol. The van der Waals surface area contributed by atoms with E-state index in [1.807, 2.05) is 29.6 Å². The van der Waals surface area contributed by atoms with Gasteiger partial charge in [-0.1, -0.05) is 24.3 Å². The second kappa shape index (κ2) is 7.39. The van der Waals surface area contributed by atoms with E-state index in [2.05, 4.69) is 27.3 Å². The van der Waals surface area contributed by atoms with E-state index in [1.54, 1.807) is 24.7 Å². The number of piperazine rings is 1. The number of methoxy groups -OCH3 is 1. The topological polar surface area (TPSA) is 50.5 Å². The number of nitrogens with one attached hydrogen (secondary N) is 1. The van der Waals surface area contributed by atoms with E-state index in [0.717, 1.165) is 42.5 Å². The molecule has 3 heterocycles. The maximum absolute atomic E-state index is 5.67. The highest BCUT2D eigenvalue weighted by atomic mass is 32.1. The summed E-state index contributed by atoms with van der Waals surface area (Å²) in [6.45, 7) is 3.60. The first kappa shape index (κ1) is 16.3. The van der Waals surface area contributed by atoms with Crippen molar-refractivity contribution in [2.45, 2.75) is 12.6 Å². The summed E-state index contributed by atoms with van der Waals surface area (Å²) < 4.78 is 11.2. The van der Waals surface area contributed by atoms with Crippen molar-refractivity contribution >= 4 is 11.3 Å². The summed E-state index contributed by atoms with van der Waals surface area (Å²) >= 11 is 1.64. The number of aromatic nitrogens is 1. The summed E-state index contributed by atoms with van der Waals surface area (Å²) in [6, 6.07) is 12.5. The average Bonchev–Trinajstić information content (AvgIpc) is 3.34. The first-order valence-electron chi connectivity index (χ1n) is 8.41. The number of rotatable bonds is 5. The zero-order chi connectivity index (χ0) is 17.1. The number of thiophene rings is 1. The van der Waals surface area contributed by atoms with Crippen molar-refractivity contribution in [2.75, 3.05) is 26.7 Å². The third-order valence-corrected chi connectivity index (χ3v) is 5.36. The Bertz CT molecular complexity index is 816. The predicted octanol–water partition coefficient (Wildman–Crippen LogP) is 3.56. The molecule has 1 N–H and O–H groups in total. The molecule has 1 atom stereocenters. The minimum Gasteiger partial charge on any atom is -0.496 e. The molecule has 130 valence electrons. The molecule has 25 heavy (non-hydrogen) atoms. The summed E-state index contributed by atoms with van der Waals surface area (Å²) in [4.78, 5) is 8.17. The molecule has 6 heteroatoms. The summed E-state index contributed by atoms with van der Waals surface area (Å²) in [5.41, 5.74) is 2.17. The number of hydrogen-bond donors (Lipinski definition) is 1. The molecule has 3 aromatic rings. The van der Waals surface area contributed by atoms with Gasteiger partial charge in [-0.3, -0.25) is 4.90 Å². The van der Waals surface area contributed by atoms with Gasteiger partial charge in [0.1, 0.15) is 12.0 Å². The molecule has 1 aliphatic rings. The SMILES string of the molecule is COc1ccccc1C1CNCCN1Cc1coc(-c2cccs2)n1. The van der Waals surface area contributed by atoms with E-state index in [1.165, 1.54) is 5.56 Å². The largest absolute Gasteiger partial charge is 0.496 e. The Hall–Kier alpha value is -2.15. The van der Waals surface area contributed by atoms with Crippen LogP contribution in [0.25, 0.3) is 10.8 Å². The van der Waals surface area contributed by atoms with Gasteiger partial charge in [0.15, 0.2) is 0 Å². The van der Waals surface area contributed by atoms with E-state index in [9.17, 15) is 0 Å². The van der Waals surface area contributed by atoms with Crippen molar-refractivity contribution < 1.29 is 9.15 Å². The van der Waals surface area contributed by atoms with Gasteiger partial charge in [0.25, 0.3) is 0 Å². The normalized spacial score (nSPS) is 18.4. The number of benzene rings is 1. The average molecular weight is 355 g/mol. The Labute approximate surface area is 151 Å². The smallest absolute Gasteiger partial charge is 0.236 e. The lowest BCUT2D eigenvalue weighted by atomic mass is 10.0. The van der Waals surface area contributed by atoms with Gasteiger partial charge < -0.3 is 14.5 Å². The van der Waals surface area contributed by atoms with Gasteiger partial charge in [-0.2, -0.15) is 0 Å². The molecule has 1 aliphatic heterocycles. The van der Waals surface area contributed by atoms with Gasteiger partial charge in [-0.25, -0.2) is 4.98 Å². The molecule has 0 radical (unpaired) electrons. The molecule has 5 nitrogen and oxygen atoms in total. The van der Waals surface area contributed by atoms with E-state index in [0.29, 0.717) is 5.89 Å². The highest BCUT2D eigenvalue weighted by Crippen LogP contribution is 2.31. The van der Waals surface area contributed by atoms with Crippen LogP contribution < -0.4 is 10.1 Å². The second-order valence-electron chi connectivity index (χ2n) is 6.05. The molecule has 0 bridgehead atoms. The third-order valence-electron chi connectivity index (χ3n) is 4.50. The third kappa shape index (κ3) is 3.46. The van der Waals surface area contributed by atoms with Crippen LogP contribution in [0.15, 0.2) is 52.5 Å². The Morgan fingerprint density at radius 3 is 3.08 bits per heavy atom. The van der Waals surface area contributed by atoms with Crippen LogP contribution in [0.3, 0.4) is 0 Å². The minimum atomic E-state index is 0.256. The second-order valence-corrected chi connectivity index (χ2v) is 7.00. The summed E-state index contributed by atoms with van der Waals surface area (Å²) in [5, 5.41) is 5.52. The molecule has 1 unspecified atom stereocenters. The highest BCUT2D eigenvalue weighted by molar-refractivity contribution is 7.13. The molecule has 0 saturated carbocycles. The molecule has 0 amide bonds. The van der Waals surface area contributed by atoms with Gasteiger partial charge in [-0.05, 0) is 17.5 Å². The number of ether oxygens (including phenoxy) is 1. The van der Waals surface area contributed by atoms with Crippen molar-refractivity contribution in [3.63, 3.8) is 0 Å². The number of nitrogens with zero attached hydrogens (tertiary/aromatic N) is 2. The fraction of sp³-hybridized carbons (Fsp3) is 0.316. The van der Waals surface area contributed by atoms with E-state index < -0.39 is 0 Å². The van der Waals surface area contributed by atoms with Crippen LogP contribution >= 0.6 is 11.3 Å². The van der Waals surface area contributed by atoms with Crippen LogP contribution in [0.1, 0.15) is 17.3 Å². The molecule has 0 spiro atoms. The van der Waals surface area contributed by atoms with Crippen LogP contribution in [0, 0.1) is 0 Å². The van der Waals surface area contributed by atoms with Crippen molar-refractivity contribution in [3.8, 4) is 16.5 Å². The van der Waals surface area contributed by atoms with E-state index in [4.69, 9.17) is 9.15 Å². The van der Waals surface area contributed by atoms with Crippen LogP contribution in [0.4, 0.5) is 0 Å². The summed E-state index contributed by atoms with van der Waals surface area (Å²) in [6.07, 6.45) is 1.77. The Morgan fingerprint density at radius 2 is 2.24 bits per heavy atom. The van der Waals surface area contributed by atoms with Gasteiger partial charge in [0, 0.05) is 31.7 Å². The minimum absolute atomic E-state index is 0.256. The monoisotopic (exact) mass is 355 g/mol. The van der Waals surface area contributed by atoms with Crippen molar-refractivity contribution in [2.24, 2.45) is 0 Å². The first-order valence-corrected chi connectivity index (χ1v) is 9.29. The fourth-order valence-electron chi connectivity index (χ4n) is 3.29. The molecule has 0 aliphatic carbocycles. The molecule has 1 fully saturated rings. The molecule has 1 aromatic carbocycles. The standard InChI is InChI=1S/C19H21N3O2S/c1-23-17-6-3-2-5-15(17)16-11-20-8-9-22(16)12-14-13-24-19(21-14)18-7-4-10-25-18/h2-7,10,13,16,20H,8-9,11-12H2,1H3. The molecular formula is C19H21N3O2S. The van der Waals surface area contributed by atoms with Crippen LogP contribution in [-0.4, -0.2) is 36.6 Å². The lowest BCUT2D eigenvalue weighted by Gasteiger charge is -2.36. The zero-order valence-electron chi connectivity index (χ0n) is 14.1. The molecule has 2 aromatic heterocycles. The predicted molar refractivity (Wildman–Crippen MR) is 98.8 cm³/mol. The van der Waals surface area contributed by atoms with Crippen LogP contribution in [-0.2, 0) is 6.54 Å². The van der Waals surface area contributed by atoms with Crippen molar-refractivity contribution in [1.82, 2.24) is 15.2 Å². The van der Waals surface area contributed by atoms with Gasteiger partial charge in [-0.15, -0.1) is 11.3 Å². The van der Waals surface area contributed by atoms with E-state index >= 15 is 0 Å². The van der Waals surface area contributed by atoms with Gasteiger partial charge in [0.05, 0.1) is 23.7 Å². The maximum Gasteiger partial charge on any atom is 0.236 e. The molecule has 1 saturated heterocycles. The van der Waals surface area contributed by atoms with Gasteiger partial charge >= 0.3 is 0 Å². The maximum atomic E-state index is 5.67. The zero-order valence-corrected chi connectivity index (χ0v) is 15.0. The van der Waals surface area contributed by atoms with Crippen LogP contribution in [0.5, 0.6) is 5.75 Å². The lowest BCUT2D eigenvalue weighted by Crippen LogP contribution is -2.45. The highest BCUT2D eigenvalue weighted by Gasteiger charge is 2.27. The van der Waals surface area contributed by atoms with Crippen molar-refractivity contribution in [1.29, 1.82) is 0 Å². The Kier molecular flexibility index (Phi) is 4.83. The fourth-order valence-corrected chi connectivity index (χ4v) is 3.94. The van der Waals surface area contributed by atoms with Crippen molar-refractivity contribution in [3.05, 3.63) is 59.3 Å².